The molecule has 1 atom stereocenters. The fraction of sp³-hybridized carbons (Fsp3) is 0. The van der Waals surface area contributed by atoms with Crippen molar-refractivity contribution in [3.8, 4) is 22.6 Å². The quantitative estimate of drug-likeness (QED) is 0.610. The van der Waals surface area contributed by atoms with Gasteiger partial charge in [0, 0.05) is 11.1 Å². The van der Waals surface area contributed by atoms with Crippen molar-refractivity contribution in [1.82, 2.24) is 30.6 Å². The zero-order valence-electron chi connectivity index (χ0n) is 10.6. The molecule has 0 aliphatic rings. The maximum absolute atomic E-state index is 11.7. The number of nitrogens with zero attached hydrogens (tertiary/aromatic N) is 5. The highest BCUT2D eigenvalue weighted by Gasteiger charge is 2.19. The lowest BCUT2D eigenvalue weighted by molar-refractivity contribution is 0.684. The van der Waals surface area contributed by atoms with Crippen LogP contribution in [-0.2, 0) is 11.0 Å². The number of rotatable bonds is 3. The fourth-order valence-corrected chi connectivity index (χ4v) is 2.50. The molecule has 5 N–H and O–H groups in total. The second-order valence-electron chi connectivity index (χ2n) is 4.04. The Morgan fingerprint density at radius 2 is 2.05 bits per heavy atom. The normalized spacial score (nSPS) is 12.2. The molecule has 10 heteroatoms. The highest BCUT2D eigenvalue weighted by molar-refractivity contribution is 7.82. The zero-order valence-corrected chi connectivity index (χ0v) is 11.4. The summed E-state index contributed by atoms with van der Waals surface area (Å²) in [5, 5.41) is 19.2. The Hall–Kier alpha value is -2.72. The van der Waals surface area contributed by atoms with Crippen LogP contribution in [0, 0.1) is 0 Å². The first-order chi connectivity index (χ1) is 10.2. The Kier molecular flexibility index (Phi) is 3.38. The lowest BCUT2D eigenvalue weighted by Crippen LogP contribution is -2.06. The summed E-state index contributed by atoms with van der Waals surface area (Å²) < 4.78 is 11.7. The van der Waals surface area contributed by atoms with Gasteiger partial charge in [0.2, 0.25) is 5.82 Å². The predicted octanol–water partition coefficient (Wildman–Crippen LogP) is -0.113. The van der Waals surface area contributed by atoms with Crippen LogP contribution in [-0.4, -0.2) is 34.8 Å². The van der Waals surface area contributed by atoms with Gasteiger partial charge in [0.1, 0.15) is 16.8 Å². The number of hydrogen-bond donors (Lipinski definition) is 3. The van der Waals surface area contributed by atoms with E-state index in [-0.39, 0.29) is 5.82 Å². The van der Waals surface area contributed by atoms with Crippen molar-refractivity contribution in [2.24, 2.45) is 5.14 Å². The number of H-pyrrole nitrogens is 1. The van der Waals surface area contributed by atoms with Gasteiger partial charge >= 0.3 is 0 Å². The van der Waals surface area contributed by atoms with Crippen molar-refractivity contribution in [2.75, 3.05) is 5.73 Å². The summed E-state index contributed by atoms with van der Waals surface area (Å²) in [6, 6.07) is 5.13. The van der Waals surface area contributed by atoms with Gasteiger partial charge in [-0.1, -0.05) is 12.1 Å². The van der Waals surface area contributed by atoms with Crippen molar-refractivity contribution in [1.29, 1.82) is 0 Å². The maximum Gasteiger partial charge on any atom is 0.206 e. The van der Waals surface area contributed by atoms with E-state index < -0.39 is 11.0 Å². The van der Waals surface area contributed by atoms with E-state index in [1.54, 1.807) is 18.2 Å². The Labute approximate surface area is 121 Å². The number of anilines is 1. The highest BCUT2D eigenvalue weighted by atomic mass is 32.2. The van der Waals surface area contributed by atoms with E-state index >= 15 is 0 Å². The molecule has 0 radical (unpaired) electrons. The maximum atomic E-state index is 11.7. The molecule has 0 amide bonds. The van der Waals surface area contributed by atoms with Crippen LogP contribution in [0.25, 0.3) is 22.6 Å². The molecule has 21 heavy (non-hydrogen) atoms. The first-order valence-corrected chi connectivity index (χ1v) is 6.99. The van der Waals surface area contributed by atoms with E-state index in [0.717, 1.165) is 0 Å². The summed E-state index contributed by atoms with van der Waals surface area (Å²) in [7, 11) is -1.71. The van der Waals surface area contributed by atoms with E-state index in [1.165, 1.54) is 12.4 Å². The van der Waals surface area contributed by atoms with E-state index in [2.05, 4.69) is 30.6 Å². The summed E-state index contributed by atoms with van der Waals surface area (Å²) in [4.78, 5) is 8.58. The van der Waals surface area contributed by atoms with Crippen molar-refractivity contribution in [3.05, 3.63) is 30.6 Å². The monoisotopic (exact) mass is 302 g/mol. The minimum absolute atomic E-state index is 0.276. The third kappa shape index (κ3) is 2.49. The van der Waals surface area contributed by atoms with Crippen LogP contribution in [0.4, 0.5) is 5.82 Å². The molecule has 106 valence electrons. The van der Waals surface area contributed by atoms with Crippen molar-refractivity contribution in [3.63, 3.8) is 0 Å². The molecule has 0 aliphatic heterocycles. The molecule has 3 rings (SSSR count). The van der Waals surface area contributed by atoms with Crippen molar-refractivity contribution < 1.29 is 4.21 Å². The number of nitrogens with one attached hydrogen (secondary N) is 1. The van der Waals surface area contributed by atoms with Gasteiger partial charge in [-0.15, -0.1) is 10.2 Å². The summed E-state index contributed by atoms with van der Waals surface area (Å²) in [5.74, 6) is 0.580. The van der Waals surface area contributed by atoms with Gasteiger partial charge in [-0.25, -0.2) is 14.3 Å². The number of tetrazole rings is 1. The first-order valence-electron chi connectivity index (χ1n) is 5.77. The highest BCUT2D eigenvalue weighted by Crippen LogP contribution is 2.32. The molecular weight excluding hydrogens is 292 g/mol. The third-order valence-electron chi connectivity index (χ3n) is 2.76. The predicted molar refractivity (Wildman–Crippen MR) is 75.6 cm³/mol. The topological polar surface area (TPSA) is 149 Å². The average Bonchev–Trinajstić information content (AvgIpc) is 3.01. The van der Waals surface area contributed by atoms with Gasteiger partial charge in [-0.05, 0) is 11.3 Å². The average molecular weight is 302 g/mol. The van der Waals surface area contributed by atoms with Gasteiger partial charge in [0.25, 0.3) is 0 Å². The molecule has 9 nitrogen and oxygen atoms in total. The summed E-state index contributed by atoms with van der Waals surface area (Å²) in [5.41, 5.74) is 7.20. The van der Waals surface area contributed by atoms with Crippen LogP contribution < -0.4 is 10.9 Å². The molecular formula is C11H10N8OS. The van der Waals surface area contributed by atoms with Crippen LogP contribution in [0.15, 0.2) is 35.5 Å². The van der Waals surface area contributed by atoms with E-state index in [1.807, 2.05) is 0 Å². The van der Waals surface area contributed by atoms with Crippen LogP contribution in [0.2, 0.25) is 0 Å². The number of hydrogen-bond acceptors (Lipinski definition) is 7. The summed E-state index contributed by atoms with van der Waals surface area (Å²) in [6.45, 7) is 0. The van der Waals surface area contributed by atoms with Crippen LogP contribution >= 0.6 is 0 Å². The SMILES string of the molecule is Nc1cnc(-c2cccc(S(N)=O)c2-c2nn[nH]n2)cn1. The van der Waals surface area contributed by atoms with Crippen molar-refractivity contribution >= 4 is 16.8 Å². The fourth-order valence-electron chi connectivity index (χ4n) is 1.89. The lowest BCUT2D eigenvalue weighted by Gasteiger charge is -2.09. The van der Waals surface area contributed by atoms with Gasteiger partial charge in [-0.2, -0.15) is 5.21 Å². The molecule has 0 saturated heterocycles. The molecule has 0 bridgehead atoms. The zero-order chi connectivity index (χ0) is 14.8. The molecule has 1 unspecified atom stereocenters. The first kappa shape index (κ1) is 13.3. The molecule has 2 heterocycles. The van der Waals surface area contributed by atoms with Crippen LogP contribution in [0.1, 0.15) is 0 Å². The van der Waals surface area contributed by atoms with Gasteiger partial charge in [-0.3, -0.25) is 4.98 Å². The summed E-state index contributed by atoms with van der Waals surface area (Å²) in [6.07, 6.45) is 2.94. The number of benzene rings is 1. The largest absolute Gasteiger partial charge is 0.382 e. The number of nitrogens with two attached hydrogens (primary N) is 2. The standard InChI is InChI=1S/C11H10N8OS/c12-9-5-14-7(4-15-9)6-2-1-3-8(21(13)20)10(6)11-16-18-19-17-11/h1-5H,13H2,(H2,12,15)(H,16,17,18,19). The Morgan fingerprint density at radius 3 is 2.67 bits per heavy atom. The molecule has 0 fully saturated rings. The molecule has 2 aromatic heterocycles. The second kappa shape index (κ2) is 5.34. The lowest BCUT2D eigenvalue weighted by atomic mass is 10.0. The molecule has 1 aromatic carbocycles. The van der Waals surface area contributed by atoms with E-state index in [9.17, 15) is 4.21 Å². The van der Waals surface area contributed by atoms with E-state index in [4.69, 9.17) is 10.9 Å². The number of aromatic nitrogens is 6. The van der Waals surface area contributed by atoms with Gasteiger partial charge < -0.3 is 5.73 Å². The second-order valence-corrected chi connectivity index (χ2v) is 5.07. The molecule has 3 aromatic rings. The van der Waals surface area contributed by atoms with E-state index in [0.29, 0.717) is 27.5 Å². The summed E-state index contributed by atoms with van der Waals surface area (Å²) >= 11 is 0. The minimum Gasteiger partial charge on any atom is -0.382 e. The Morgan fingerprint density at radius 1 is 1.19 bits per heavy atom. The number of nitrogen functional groups attached to an aromatic ring is 1. The van der Waals surface area contributed by atoms with Gasteiger partial charge in [0.05, 0.1) is 23.0 Å². The molecule has 0 spiro atoms. The molecule has 0 aliphatic carbocycles. The third-order valence-corrected chi connectivity index (χ3v) is 3.53. The van der Waals surface area contributed by atoms with Crippen molar-refractivity contribution in [2.45, 2.75) is 4.90 Å². The smallest absolute Gasteiger partial charge is 0.206 e. The van der Waals surface area contributed by atoms with Crippen LogP contribution in [0.3, 0.4) is 0 Å². The number of aromatic amines is 1. The van der Waals surface area contributed by atoms with Crippen LogP contribution in [0.5, 0.6) is 0 Å². The minimum atomic E-state index is -1.71. The molecule has 0 saturated carbocycles. The Bertz CT molecular complexity index is 786. The Balaban J connectivity index is 2.28. The van der Waals surface area contributed by atoms with Gasteiger partial charge in [0.15, 0.2) is 0 Å².